The Hall–Kier alpha value is -1.28. The first-order chi connectivity index (χ1) is 6.56. The zero-order chi connectivity index (χ0) is 10.7. The fraction of sp³-hybridized carbons (Fsp3) is 0.333. The molecule has 1 unspecified atom stereocenters. The molecule has 0 aromatic heterocycles. The molecule has 1 atom stereocenters. The summed E-state index contributed by atoms with van der Waals surface area (Å²) in [5.41, 5.74) is 9.10. The summed E-state index contributed by atoms with van der Waals surface area (Å²) in [6.45, 7) is 7.79. The monoisotopic (exact) mass is 191 g/mol. The second kappa shape index (κ2) is 4.29. The molecule has 0 spiro atoms. The Labute approximate surface area is 85.4 Å². The second-order valence-corrected chi connectivity index (χ2v) is 3.55. The average Bonchev–Trinajstić information content (AvgIpc) is 2.16. The van der Waals surface area contributed by atoms with E-state index in [1.807, 2.05) is 32.0 Å². The molecule has 1 rings (SSSR count). The molecule has 0 aliphatic carbocycles. The molecule has 2 N–H and O–H groups in total. The standard InChI is InChI=1S/C12H17NO/c1-8(2)12(13)10-5-6-11(14-4)9(3)7-10/h5-7,12H,1,13H2,2-4H3. The van der Waals surface area contributed by atoms with Gasteiger partial charge in [-0.1, -0.05) is 24.3 Å². The van der Waals surface area contributed by atoms with Gasteiger partial charge in [0.2, 0.25) is 0 Å². The van der Waals surface area contributed by atoms with Gasteiger partial charge in [0.05, 0.1) is 13.2 Å². The predicted molar refractivity (Wildman–Crippen MR) is 59.5 cm³/mol. The maximum absolute atomic E-state index is 5.96. The Morgan fingerprint density at radius 3 is 2.57 bits per heavy atom. The number of hydrogen-bond acceptors (Lipinski definition) is 2. The molecule has 0 fully saturated rings. The molecule has 1 aromatic rings. The molecular formula is C12H17NO. The Morgan fingerprint density at radius 1 is 1.50 bits per heavy atom. The Kier molecular flexibility index (Phi) is 3.31. The molecular weight excluding hydrogens is 174 g/mol. The summed E-state index contributed by atoms with van der Waals surface area (Å²) >= 11 is 0. The molecule has 0 saturated carbocycles. The minimum absolute atomic E-state index is 0.0837. The Balaban J connectivity index is 3.02. The van der Waals surface area contributed by atoms with Gasteiger partial charge in [0.1, 0.15) is 5.75 Å². The molecule has 0 amide bonds. The van der Waals surface area contributed by atoms with E-state index in [0.29, 0.717) is 0 Å². The van der Waals surface area contributed by atoms with Crippen LogP contribution in [0.5, 0.6) is 5.75 Å². The van der Waals surface area contributed by atoms with Gasteiger partial charge in [0, 0.05) is 0 Å². The zero-order valence-corrected chi connectivity index (χ0v) is 9.00. The maximum atomic E-state index is 5.96. The van der Waals surface area contributed by atoms with Crippen molar-refractivity contribution in [3.63, 3.8) is 0 Å². The number of aryl methyl sites for hydroxylation is 1. The van der Waals surface area contributed by atoms with Gasteiger partial charge < -0.3 is 10.5 Å². The molecule has 76 valence electrons. The first kappa shape index (κ1) is 10.8. The maximum Gasteiger partial charge on any atom is 0.121 e. The number of methoxy groups -OCH3 is 1. The second-order valence-electron chi connectivity index (χ2n) is 3.55. The highest BCUT2D eigenvalue weighted by atomic mass is 16.5. The average molecular weight is 191 g/mol. The van der Waals surface area contributed by atoms with E-state index in [2.05, 4.69) is 6.58 Å². The number of rotatable bonds is 3. The first-order valence-corrected chi connectivity index (χ1v) is 4.61. The molecule has 14 heavy (non-hydrogen) atoms. The van der Waals surface area contributed by atoms with Crippen molar-refractivity contribution in [2.45, 2.75) is 19.9 Å². The van der Waals surface area contributed by atoms with Crippen molar-refractivity contribution in [1.82, 2.24) is 0 Å². The molecule has 0 bridgehead atoms. The van der Waals surface area contributed by atoms with E-state index in [1.165, 1.54) is 0 Å². The molecule has 0 saturated heterocycles. The number of nitrogens with two attached hydrogens (primary N) is 1. The van der Waals surface area contributed by atoms with Crippen LogP contribution in [0.2, 0.25) is 0 Å². The van der Waals surface area contributed by atoms with Crippen LogP contribution in [0.3, 0.4) is 0 Å². The van der Waals surface area contributed by atoms with Gasteiger partial charge in [-0.3, -0.25) is 0 Å². The quantitative estimate of drug-likeness (QED) is 0.745. The van der Waals surface area contributed by atoms with Crippen molar-refractivity contribution in [2.75, 3.05) is 7.11 Å². The lowest BCUT2D eigenvalue weighted by Gasteiger charge is -2.13. The topological polar surface area (TPSA) is 35.2 Å². The summed E-state index contributed by atoms with van der Waals surface area (Å²) in [5.74, 6) is 0.891. The van der Waals surface area contributed by atoms with E-state index in [-0.39, 0.29) is 6.04 Å². The van der Waals surface area contributed by atoms with Crippen molar-refractivity contribution < 1.29 is 4.74 Å². The van der Waals surface area contributed by atoms with E-state index in [9.17, 15) is 0 Å². The summed E-state index contributed by atoms with van der Waals surface area (Å²) in [6.07, 6.45) is 0. The van der Waals surface area contributed by atoms with Crippen LogP contribution in [0.15, 0.2) is 30.4 Å². The van der Waals surface area contributed by atoms with E-state index >= 15 is 0 Å². The van der Waals surface area contributed by atoms with Crippen LogP contribution in [0, 0.1) is 6.92 Å². The number of ether oxygens (including phenoxy) is 1. The lowest BCUT2D eigenvalue weighted by Crippen LogP contribution is -2.11. The molecule has 1 aromatic carbocycles. The van der Waals surface area contributed by atoms with Crippen LogP contribution in [0.25, 0.3) is 0 Å². The molecule has 2 nitrogen and oxygen atoms in total. The molecule has 2 heteroatoms. The lowest BCUT2D eigenvalue weighted by atomic mass is 10.00. The van der Waals surface area contributed by atoms with Gasteiger partial charge in [-0.15, -0.1) is 0 Å². The van der Waals surface area contributed by atoms with Gasteiger partial charge in [0.25, 0.3) is 0 Å². The molecule has 0 heterocycles. The van der Waals surface area contributed by atoms with Crippen LogP contribution in [-0.4, -0.2) is 7.11 Å². The molecule has 0 aliphatic heterocycles. The molecule has 0 radical (unpaired) electrons. The van der Waals surface area contributed by atoms with Gasteiger partial charge in [-0.05, 0) is 31.0 Å². The van der Waals surface area contributed by atoms with Gasteiger partial charge >= 0.3 is 0 Å². The normalized spacial score (nSPS) is 12.3. The molecule has 0 aliphatic rings. The largest absolute Gasteiger partial charge is 0.496 e. The number of benzene rings is 1. The third-order valence-electron chi connectivity index (χ3n) is 2.31. The Morgan fingerprint density at radius 2 is 2.14 bits per heavy atom. The fourth-order valence-corrected chi connectivity index (χ4v) is 1.38. The van der Waals surface area contributed by atoms with Crippen molar-refractivity contribution in [2.24, 2.45) is 5.73 Å². The minimum Gasteiger partial charge on any atom is -0.496 e. The highest BCUT2D eigenvalue weighted by molar-refractivity contribution is 5.39. The summed E-state index contributed by atoms with van der Waals surface area (Å²) < 4.78 is 5.18. The van der Waals surface area contributed by atoms with E-state index in [1.54, 1.807) is 7.11 Å². The third-order valence-corrected chi connectivity index (χ3v) is 2.31. The lowest BCUT2D eigenvalue weighted by molar-refractivity contribution is 0.411. The third kappa shape index (κ3) is 2.15. The van der Waals surface area contributed by atoms with Crippen LogP contribution in [-0.2, 0) is 0 Å². The van der Waals surface area contributed by atoms with E-state index < -0.39 is 0 Å². The summed E-state index contributed by atoms with van der Waals surface area (Å²) in [5, 5.41) is 0. The highest BCUT2D eigenvalue weighted by Gasteiger charge is 2.07. The van der Waals surface area contributed by atoms with Crippen molar-refractivity contribution in [3.8, 4) is 5.75 Å². The summed E-state index contributed by atoms with van der Waals surface area (Å²) in [7, 11) is 1.67. The van der Waals surface area contributed by atoms with Crippen LogP contribution >= 0.6 is 0 Å². The number of hydrogen-bond donors (Lipinski definition) is 1. The van der Waals surface area contributed by atoms with Gasteiger partial charge in [-0.2, -0.15) is 0 Å². The van der Waals surface area contributed by atoms with Crippen molar-refractivity contribution >= 4 is 0 Å². The zero-order valence-electron chi connectivity index (χ0n) is 9.00. The SMILES string of the molecule is C=C(C)C(N)c1ccc(OC)c(C)c1. The van der Waals surface area contributed by atoms with Crippen molar-refractivity contribution in [1.29, 1.82) is 0 Å². The van der Waals surface area contributed by atoms with Crippen LogP contribution in [0.4, 0.5) is 0 Å². The first-order valence-electron chi connectivity index (χ1n) is 4.61. The van der Waals surface area contributed by atoms with Gasteiger partial charge in [0.15, 0.2) is 0 Å². The minimum atomic E-state index is -0.0837. The summed E-state index contributed by atoms with van der Waals surface area (Å²) in [4.78, 5) is 0. The van der Waals surface area contributed by atoms with Gasteiger partial charge in [-0.25, -0.2) is 0 Å². The van der Waals surface area contributed by atoms with E-state index in [4.69, 9.17) is 10.5 Å². The smallest absolute Gasteiger partial charge is 0.121 e. The Bertz CT molecular complexity index is 344. The van der Waals surface area contributed by atoms with E-state index in [0.717, 1.165) is 22.4 Å². The predicted octanol–water partition coefficient (Wildman–Crippen LogP) is 2.58. The fourth-order valence-electron chi connectivity index (χ4n) is 1.38. The van der Waals surface area contributed by atoms with Crippen LogP contribution in [0.1, 0.15) is 24.1 Å². The van der Waals surface area contributed by atoms with Crippen LogP contribution < -0.4 is 10.5 Å². The van der Waals surface area contributed by atoms with Crippen molar-refractivity contribution in [3.05, 3.63) is 41.5 Å². The summed E-state index contributed by atoms with van der Waals surface area (Å²) in [6, 6.07) is 5.87. The highest BCUT2D eigenvalue weighted by Crippen LogP contribution is 2.24.